The summed E-state index contributed by atoms with van der Waals surface area (Å²) in [5, 5.41) is 20.1. The van der Waals surface area contributed by atoms with Gasteiger partial charge in [-0.05, 0) is 6.07 Å². The second-order valence-corrected chi connectivity index (χ2v) is 3.77. The first kappa shape index (κ1) is 10.6. The van der Waals surface area contributed by atoms with Crippen molar-refractivity contribution in [3.8, 4) is 0 Å². The highest BCUT2D eigenvalue weighted by Gasteiger charge is 2.11. The fourth-order valence-electron chi connectivity index (χ4n) is 0.979. The smallest absolute Gasteiger partial charge is 0.260 e. The number of carbonyl (C=O) groups excluding carboxylic acids is 1. The maximum absolute atomic E-state index is 11.5. The van der Waals surface area contributed by atoms with Crippen LogP contribution in [0, 0.1) is 0 Å². The van der Waals surface area contributed by atoms with Crippen molar-refractivity contribution in [3.05, 3.63) is 30.4 Å². The van der Waals surface area contributed by atoms with Gasteiger partial charge in [-0.3, -0.25) is 20.5 Å². The average molecular weight is 241 g/mol. The Morgan fingerprint density at radius 1 is 1.56 bits per heavy atom. The van der Waals surface area contributed by atoms with Crippen molar-refractivity contribution in [1.82, 2.24) is 4.98 Å². The molecule has 2 aromatic heterocycles. The van der Waals surface area contributed by atoms with E-state index in [0.717, 1.165) is 11.3 Å². The van der Waals surface area contributed by atoms with E-state index in [0.29, 0.717) is 5.56 Å². The monoisotopic (exact) mass is 241 g/mol. The minimum atomic E-state index is -0.378. The molecule has 0 atom stereocenters. The molecule has 0 spiro atoms. The molecule has 2 heterocycles. The number of nitrogens with one attached hydrogen (secondary N) is 1. The summed E-state index contributed by atoms with van der Waals surface area (Å²) in [5.41, 5.74) is 0.363. The highest BCUT2D eigenvalue weighted by Crippen LogP contribution is 2.25. The van der Waals surface area contributed by atoms with E-state index in [1.54, 1.807) is 0 Å². The van der Waals surface area contributed by atoms with Crippen molar-refractivity contribution in [3.63, 3.8) is 0 Å². The molecule has 0 aliphatic rings. The lowest BCUT2D eigenvalue weighted by Crippen LogP contribution is -2.10. The first-order chi connectivity index (χ1) is 7.66. The number of carbonyl (C=O) groups is 1. The van der Waals surface area contributed by atoms with E-state index in [9.17, 15) is 4.79 Å². The van der Waals surface area contributed by atoms with E-state index in [4.69, 9.17) is 14.8 Å². The largest absolute Gasteiger partial charge is 0.472 e. The summed E-state index contributed by atoms with van der Waals surface area (Å²) < 4.78 is 4.75. The SMILES string of the molecule is O=C(Nc1ncc(N(O)O)s1)c1ccoc1. The molecule has 16 heavy (non-hydrogen) atoms. The average Bonchev–Trinajstić information content (AvgIpc) is 2.87. The van der Waals surface area contributed by atoms with Crippen LogP contribution in [0.1, 0.15) is 10.4 Å². The van der Waals surface area contributed by atoms with Crippen LogP contribution < -0.4 is 10.5 Å². The van der Waals surface area contributed by atoms with E-state index in [-0.39, 0.29) is 21.3 Å². The van der Waals surface area contributed by atoms with Gasteiger partial charge in [-0.15, -0.1) is 5.23 Å². The Morgan fingerprint density at radius 2 is 2.38 bits per heavy atom. The molecule has 0 radical (unpaired) electrons. The minimum absolute atomic E-state index is 0.0643. The van der Waals surface area contributed by atoms with E-state index in [1.807, 2.05) is 0 Å². The molecule has 84 valence electrons. The lowest BCUT2D eigenvalue weighted by atomic mass is 10.3. The van der Waals surface area contributed by atoms with Crippen molar-refractivity contribution in [1.29, 1.82) is 0 Å². The summed E-state index contributed by atoms with van der Waals surface area (Å²) in [7, 11) is 0. The molecule has 3 N–H and O–H groups in total. The lowest BCUT2D eigenvalue weighted by molar-refractivity contribution is 0.0311. The number of amides is 1. The fourth-order valence-corrected chi connectivity index (χ4v) is 1.61. The molecule has 0 saturated heterocycles. The first-order valence-electron chi connectivity index (χ1n) is 4.14. The van der Waals surface area contributed by atoms with Gasteiger partial charge >= 0.3 is 0 Å². The Balaban J connectivity index is 2.07. The third kappa shape index (κ3) is 2.19. The van der Waals surface area contributed by atoms with E-state index in [1.165, 1.54) is 24.8 Å². The predicted octanol–water partition coefficient (Wildman–Crippen LogP) is 1.57. The number of hydrogen-bond donors (Lipinski definition) is 3. The van der Waals surface area contributed by atoms with Crippen LogP contribution in [0.2, 0.25) is 0 Å². The molecule has 0 fully saturated rings. The first-order valence-corrected chi connectivity index (χ1v) is 4.96. The van der Waals surface area contributed by atoms with Gasteiger partial charge in [0.25, 0.3) is 5.91 Å². The predicted molar refractivity (Wildman–Crippen MR) is 54.8 cm³/mol. The van der Waals surface area contributed by atoms with Gasteiger partial charge in [-0.25, -0.2) is 4.98 Å². The second kappa shape index (κ2) is 4.31. The Labute approximate surface area is 93.5 Å². The van der Waals surface area contributed by atoms with Gasteiger partial charge in [0.05, 0.1) is 18.0 Å². The zero-order valence-electron chi connectivity index (χ0n) is 7.82. The molecule has 0 saturated carbocycles. The molecule has 8 heteroatoms. The van der Waals surface area contributed by atoms with Gasteiger partial charge in [0, 0.05) is 0 Å². The summed E-state index contributed by atoms with van der Waals surface area (Å²) in [6.45, 7) is 0. The quantitative estimate of drug-likeness (QED) is 0.705. The summed E-state index contributed by atoms with van der Waals surface area (Å²) in [5.74, 6) is -0.378. The van der Waals surface area contributed by atoms with Crippen LogP contribution >= 0.6 is 11.3 Å². The van der Waals surface area contributed by atoms with E-state index in [2.05, 4.69) is 10.3 Å². The van der Waals surface area contributed by atoms with Crippen LogP contribution in [0.15, 0.2) is 29.2 Å². The summed E-state index contributed by atoms with van der Waals surface area (Å²) in [6.07, 6.45) is 3.90. The zero-order chi connectivity index (χ0) is 11.5. The zero-order valence-corrected chi connectivity index (χ0v) is 8.64. The highest BCUT2D eigenvalue weighted by atomic mass is 32.1. The van der Waals surface area contributed by atoms with Gasteiger partial charge < -0.3 is 4.42 Å². The molecular formula is C8H7N3O4S. The normalized spacial score (nSPS) is 10.1. The number of aromatic nitrogens is 1. The Hall–Kier alpha value is -1.90. The molecule has 7 nitrogen and oxygen atoms in total. The standard InChI is InChI=1S/C8H7N3O4S/c12-7(5-1-2-15-4-5)10-8-9-3-6(16-8)11(13)14/h1-4,13-14H,(H,9,10,12). The maximum atomic E-state index is 11.5. The van der Waals surface area contributed by atoms with Crippen molar-refractivity contribution < 1.29 is 19.6 Å². The molecule has 2 aromatic rings. The van der Waals surface area contributed by atoms with Crippen LogP contribution in [-0.4, -0.2) is 21.3 Å². The summed E-state index contributed by atoms with van der Waals surface area (Å²) in [6, 6.07) is 1.51. The van der Waals surface area contributed by atoms with Crippen LogP contribution in [0.4, 0.5) is 10.1 Å². The number of hydrogen-bond acceptors (Lipinski definition) is 7. The third-order valence-corrected chi connectivity index (χ3v) is 2.57. The number of anilines is 2. The fraction of sp³-hybridized carbons (Fsp3) is 0. The number of nitrogens with zero attached hydrogens (tertiary/aromatic N) is 2. The van der Waals surface area contributed by atoms with Crippen molar-refractivity contribution in [2.24, 2.45) is 0 Å². The van der Waals surface area contributed by atoms with Gasteiger partial charge in [0.15, 0.2) is 10.1 Å². The topological polar surface area (TPSA) is 98.8 Å². The van der Waals surface area contributed by atoms with Crippen molar-refractivity contribution in [2.75, 3.05) is 10.5 Å². The Kier molecular flexibility index (Phi) is 2.86. The lowest BCUT2D eigenvalue weighted by Gasteiger charge is -2.01. The Bertz CT molecular complexity index is 479. The van der Waals surface area contributed by atoms with Gasteiger partial charge in [-0.1, -0.05) is 11.3 Å². The molecule has 1 amide bonds. The molecular weight excluding hydrogens is 234 g/mol. The van der Waals surface area contributed by atoms with Crippen LogP contribution in [0.25, 0.3) is 0 Å². The molecule has 0 unspecified atom stereocenters. The highest BCUT2D eigenvalue weighted by molar-refractivity contribution is 7.19. The number of furan rings is 1. The molecule has 2 rings (SSSR count). The maximum Gasteiger partial charge on any atom is 0.260 e. The third-order valence-electron chi connectivity index (χ3n) is 1.69. The Morgan fingerprint density at radius 3 is 2.94 bits per heavy atom. The molecule has 0 aromatic carbocycles. The van der Waals surface area contributed by atoms with Gasteiger partial charge in [-0.2, -0.15) is 0 Å². The summed E-state index contributed by atoms with van der Waals surface area (Å²) in [4.78, 5) is 15.3. The van der Waals surface area contributed by atoms with Crippen LogP contribution in [0.5, 0.6) is 0 Å². The minimum Gasteiger partial charge on any atom is -0.472 e. The molecule has 0 aliphatic heterocycles. The van der Waals surface area contributed by atoms with Crippen molar-refractivity contribution >= 4 is 27.4 Å². The van der Waals surface area contributed by atoms with E-state index >= 15 is 0 Å². The summed E-state index contributed by atoms with van der Waals surface area (Å²) >= 11 is 0.919. The number of rotatable bonds is 3. The molecule has 0 bridgehead atoms. The molecule has 0 aliphatic carbocycles. The van der Waals surface area contributed by atoms with Gasteiger partial charge in [0.1, 0.15) is 6.26 Å². The van der Waals surface area contributed by atoms with Crippen LogP contribution in [0.3, 0.4) is 0 Å². The van der Waals surface area contributed by atoms with E-state index < -0.39 is 0 Å². The second-order valence-electron chi connectivity index (χ2n) is 2.76. The van der Waals surface area contributed by atoms with Crippen LogP contribution in [-0.2, 0) is 0 Å². The van der Waals surface area contributed by atoms with Crippen molar-refractivity contribution in [2.45, 2.75) is 0 Å². The van der Waals surface area contributed by atoms with Gasteiger partial charge in [0.2, 0.25) is 0 Å². The number of thiazole rings is 1.